The molecule has 1 saturated heterocycles. The summed E-state index contributed by atoms with van der Waals surface area (Å²) in [6.07, 6.45) is 1.70. The Morgan fingerprint density at radius 1 is 1.30 bits per heavy atom. The quantitative estimate of drug-likeness (QED) is 0.755. The van der Waals surface area contributed by atoms with E-state index in [4.69, 9.17) is 18.9 Å². The van der Waals surface area contributed by atoms with Gasteiger partial charge in [0.05, 0.1) is 25.4 Å². The second-order valence-electron chi connectivity index (χ2n) is 5.88. The van der Waals surface area contributed by atoms with Gasteiger partial charge in [-0.1, -0.05) is 0 Å². The predicted molar refractivity (Wildman–Crippen MR) is 84.7 cm³/mol. The van der Waals surface area contributed by atoms with Crippen LogP contribution in [-0.2, 0) is 14.3 Å². The van der Waals surface area contributed by atoms with Crippen molar-refractivity contribution >= 4 is 5.97 Å². The van der Waals surface area contributed by atoms with Crippen molar-refractivity contribution in [1.82, 2.24) is 0 Å². The molecule has 5 heteroatoms. The molecule has 1 aromatic carbocycles. The van der Waals surface area contributed by atoms with Gasteiger partial charge in [-0.05, 0) is 56.5 Å². The molecule has 0 spiro atoms. The van der Waals surface area contributed by atoms with Gasteiger partial charge in [-0.15, -0.1) is 0 Å². The zero-order valence-corrected chi connectivity index (χ0v) is 13.8. The van der Waals surface area contributed by atoms with E-state index in [1.807, 2.05) is 38.1 Å². The number of esters is 1. The number of benzene rings is 1. The van der Waals surface area contributed by atoms with Gasteiger partial charge in [0.25, 0.3) is 0 Å². The summed E-state index contributed by atoms with van der Waals surface area (Å²) >= 11 is 0. The van der Waals surface area contributed by atoms with Crippen molar-refractivity contribution in [2.45, 2.75) is 38.4 Å². The van der Waals surface area contributed by atoms with Crippen LogP contribution >= 0.6 is 0 Å². The van der Waals surface area contributed by atoms with Crippen molar-refractivity contribution < 1.29 is 23.7 Å². The van der Waals surface area contributed by atoms with Crippen LogP contribution in [0, 0.1) is 0 Å². The van der Waals surface area contributed by atoms with Gasteiger partial charge >= 0.3 is 5.97 Å². The summed E-state index contributed by atoms with van der Waals surface area (Å²) in [5.41, 5.74) is 0.943. The zero-order chi connectivity index (χ0) is 16.4. The Hall–Kier alpha value is -2.01. The number of rotatable bonds is 6. The molecule has 1 fully saturated rings. The van der Waals surface area contributed by atoms with Crippen LogP contribution in [0.1, 0.15) is 26.7 Å². The summed E-state index contributed by atoms with van der Waals surface area (Å²) in [7, 11) is 1.62. The van der Waals surface area contributed by atoms with E-state index in [1.54, 1.807) is 7.11 Å². The lowest BCUT2D eigenvalue weighted by Crippen LogP contribution is -2.39. The van der Waals surface area contributed by atoms with Crippen molar-refractivity contribution in [3.05, 3.63) is 35.4 Å². The van der Waals surface area contributed by atoms with Gasteiger partial charge in [-0.25, -0.2) is 4.79 Å². The number of carbonyl (C=O) groups is 1. The topological polar surface area (TPSA) is 54.0 Å². The molecule has 2 atom stereocenters. The van der Waals surface area contributed by atoms with E-state index >= 15 is 0 Å². The van der Waals surface area contributed by atoms with Crippen LogP contribution < -0.4 is 9.47 Å². The maximum atomic E-state index is 12.3. The minimum atomic E-state index is -0.680. The average molecular weight is 318 g/mol. The molecule has 3 rings (SSSR count). The zero-order valence-electron chi connectivity index (χ0n) is 13.8. The summed E-state index contributed by atoms with van der Waals surface area (Å²) in [6, 6.07) is 7.37. The first kappa shape index (κ1) is 15.9. The monoisotopic (exact) mass is 318 g/mol. The standard InChI is InChI=1S/C18H22O5/c1-4-21-17(19)16-12(2)15-9-10-18(16,23-15)11-22-14-7-5-13(20-3)6-8-14/h5-8,15H,4,9-11H2,1-3H3/t15-,18-/m1/s1. The third-order valence-corrected chi connectivity index (χ3v) is 4.52. The molecule has 0 N–H and O–H groups in total. The van der Waals surface area contributed by atoms with Crippen LogP contribution in [0.15, 0.2) is 35.4 Å². The number of hydrogen-bond acceptors (Lipinski definition) is 5. The van der Waals surface area contributed by atoms with E-state index in [-0.39, 0.29) is 12.1 Å². The Morgan fingerprint density at radius 2 is 2.00 bits per heavy atom. The fraction of sp³-hybridized carbons (Fsp3) is 0.500. The molecule has 2 bridgehead atoms. The molecule has 124 valence electrons. The van der Waals surface area contributed by atoms with Crippen molar-refractivity contribution in [2.24, 2.45) is 0 Å². The Balaban J connectivity index is 1.76. The summed E-state index contributed by atoms with van der Waals surface area (Å²) in [6.45, 7) is 4.42. The van der Waals surface area contributed by atoms with Crippen molar-refractivity contribution in [3.63, 3.8) is 0 Å². The lowest BCUT2D eigenvalue weighted by molar-refractivity contribution is -0.141. The maximum Gasteiger partial charge on any atom is 0.337 e. The third kappa shape index (κ3) is 2.81. The van der Waals surface area contributed by atoms with E-state index in [2.05, 4.69) is 0 Å². The highest BCUT2D eigenvalue weighted by molar-refractivity contribution is 5.93. The SMILES string of the molecule is CCOC(=O)C1=C(C)[C@H]2CC[C@]1(COc1ccc(OC)cc1)O2. The first-order valence-corrected chi connectivity index (χ1v) is 7.92. The van der Waals surface area contributed by atoms with Gasteiger partial charge in [0.2, 0.25) is 0 Å². The fourth-order valence-corrected chi connectivity index (χ4v) is 3.36. The molecule has 2 aliphatic heterocycles. The summed E-state index contributed by atoms with van der Waals surface area (Å²) in [4.78, 5) is 12.3. The molecular formula is C18H22O5. The highest BCUT2D eigenvalue weighted by Gasteiger charge is 2.54. The molecule has 2 aliphatic rings. The second-order valence-corrected chi connectivity index (χ2v) is 5.88. The van der Waals surface area contributed by atoms with Crippen LogP contribution in [0.4, 0.5) is 0 Å². The number of carbonyl (C=O) groups excluding carboxylic acids is 1. The molecule has 0 saturated carbocycles. The summed E-state index contributed by atoms with van der Waals surface area (Å²) < 4.78 is 22.3. The third-order valence-electron chi connectivity index (χ3n) is 4.52. The number of ether oxygens (including phenoxy) is 4. The molecule has 2 heterocycles. The van der Waals surface area contributed by atoms with E-state index in [0.29, 0.717) is 18.8 Å². The Bertz CT molecular complexity index is 619. The highest BCUT2D eigenvalue weighted by Crippen LogP contribution is 2.48. The van der Waals surface area contributed by atoms with Crippen molar-refractivity contribution in [3.8, 4) is 11.5 Å². The molecular weight excluding hydrogens is 296 g/mol. The molecule has 0 aromatic heterocycles. The minimum Gasteiger partial charge on any atom is -0.497 e. The number of hydrogen-bond donors (Lipinski definition) is 0. The van der Waals surface area contributed by atoms with Gasteiger partial charge in [0.1, 0.15) is 23.7 Å². The van der Waals surface area contributed by atoms with Crippen molar-refractivity contribution in [2.75, 3.05) is 20.3 Å². The Kier molecular flexibility index (Phi) is 4.31. The smallest absolute Gasteiger partial charge is 0.337 e. The molecule has 0 radical (unpaired) electrons. The van der Waals surface area contributed by atoms with E-state index in [9.17, 15) is 4.79 Å². The molecule has 1 aromatic rings. The summed E-state index contributed by atoms with van der Waals surface area (Å²) in [5.74, 6) is 1.21. The lowest BCUT2D eigenvalue weighted by Gasteiger charge is -2.27. The Labute approximate surface area is 136 Å². The Morgan fingerprint density at radius 3 is 2.65 bits per heavy atom. The van der Waals surface area contributed by atoms with Crippen LogP contribution in [0.2, 0.25) is 0 Å². The second kappa shape index (κ2) is 6.24. The van der Waals surface area contributed by atoms with Crippen LogP contribution in [0.3, 0.4) is 0 Å². The van der Waals surface area contributed by atoms with Gasteiger partial charge in [-0.3, -0.25) is 0 Å². The molecule has 0 aliphatic carbocycles. The molecule has 23 heavy (non-hydrogen) atoms. The van der Waals surface area contributed by atoms with Gasteiger partial charge in [-0.2, -0.15) is 0 Å². The van der Waals surface area contributed by atoms with Crippen molar-refractivity contribution in [1.29, 1.82) is 0 Å². The summed E-state index contributed by atoms with van der Waals surface area (Å²) in [5, 5.41) is 0. The van der Waals surface area contributed by atoms with Crippen LogP contribution in [0.5, 0.6) is 11.5 Å². The average Bonchev–Trinajstić information content (AvgIpc) is 3.10. The van der Waals surface area contributed by atoms with Crippen LogP contribution in [-0.4, -0.2) is 38.0 Å². The van der Waals surface area contributed by atoms with E-state index in [1.165, 1.54) is 0 Å². The largest absolute Gasteiger partial charge is 0.497 e. The maximum absolute atomic E-state index is 12.3. The van der Waals surface area contributed by atoms with Gasteiger partial charge in [0.15, 0.2) is 0 Å². The lowest BCUT2D eigenvalue weighted by atomic mass is 9.83. The fourth-order valence-electron chi connectivity index (χ4n) is 3.36. The number of methoxy groups -OCH3 is 1. The predicted octanol–water partition coefficient (Wildman–Crippen LogP) is 2.89. The first-order valence-electron chi connectivity index (χ1n) is 7.92. The van der Waals surface area contributed by atoms with Gasteiger partial charge in [0, 0.05) is 0 Å². The normalized spacial score (nSPS) is 25.6. The molecule has 0 unspecified atom stereocenters. The van der Waals surface area contributed by atoms with Gasteiger partial charge < -0.3 is 18.9 Å². The van der Waals surface area contributed by atoms with E-state index in [0.717, 1.165) is 29.9 Å². The minimum absolute atomic E-state index is 0.00822. The molecule has 5 nitrogen and oxygen atoms in total. The van der Waals surface area contributed by atoms with Crippen LogP contribution in [0.25, 0.3) is 0 Å². The first-order chi connectivity index (χ1) is 11.1. The highest BCUT2D eigenvalue weighted by atomic mass is 16.6. The number of fused-ring (bicyclic) bond motifs is 2. The molecule has 0 amide bonds. The van der Waals surface area contributed by atoms with E-state index < -0.39 is 5.60 Å².